The molecule has 7 nitrogen and oxygen atoms in total. The summed E-state index contributed by atoms with van der Waals surface area (Å²) in [5, 5.41) is 16.5. The van der Waals surface area contributed by atoms with E-state index < -0.39 is 18.0 Å². The summed E-state index contributed by atoms with van der Waals surface area (Å²) in [7, 11) is 0. The van der Waals surface area contributed by atoms with Crippen LogP contribution in [0.25, 0.3) is 0 Å². The number of aliphatic carboxylic acids is 1. The topological polar surface area (TPSA) is 108 Å². The van der Waals surface area contributed by atoms with Gasteiger partial charge < -0.3 is 21.1 Å². The van der Waals surface area contributed by atoms with Crippen molar-refractivity contribution in [1.29, 1.82) is 0 Å². The minimum Gasteiger partial charge on any atom is -0.481 e. The molecule has 19 heavy (non-hydrogen) atoms. The van der Waals surface area contributed by atoms with Crippen LogP contribution in [0.15, 0.2) is 0 Å². The highest BCUT2D eigenvalue weighted by Crippen LogP contribution is 2.18. The second-order valence-electron chi connectivity index (χ2n) is 5.12. The van der Waals surface area contributed by atoms with Crippen LogP contribution in [0.5, 0.6) is 0 Å². The molecule has 0 radical (unpaired) electrons. The predicted octanol–water partition coefficient (Wildman–Crippen LogP) is 0.0635. The average molecular weight is 271 g/mol. The molecule has 0 spiro atoms. The van der Waals surface area contributed by atoms with Crippen LogP contribution in [0.1, 0.15) is 33.1 Å². The number of carboxylic acid groups (broad SMARTS) is 1. The monoisotopic (exact) mass is 271 g/mol. The zero-order valence-corrected chi connectivity index (χ0v) is 11.2. The number of carbonyl (C=O) groups excluding carboxylic acids is 2. The van der Waals surface area contributed by atoms with Crippen molar-refractivity contribution in [2.24, 2.45) is 5.92 Å². The van der Waals surface area contributed by atoms with Crippen LogP contribution in [0.3, 0.4) is 0 Å². The highest BCUT2D eigenvalue weighted by molar-refractivity contribution is 5.84. The Balaban J connectivity index is 2.26. The van der Waals surface area contributed by atoms with E-state index >= 15 is 0 Å². The summed E-state index contributed by atoms with van der Waals surface area (Å²) in [6.07, 6.45) is 1.84. The van der Waals surface area contributed by atoms with Crippen LogP contribution in [-0.4, -0.2) is 41.6 Å². The summed E-state index contributed by atoms with van der Waals surface area (Å²) in [4.78, 5) is 33.6. The van der Waals surface area contributed by atoms with E-state index in [4.69, 9.17) is 5.11 Å². The largest absolute Gasteiger partial charge is 0.481 e. The molecule has 1 saturated carbocycles. The maximum absolute atomic E-state index is 11.6. The Morgan fingerprint density at radius 1 is 1.26 bits per heavy atom. The quantitative estimate of drug-likeness (QED) is 0.525. The molecule has 0 heterocycles. The second-order valence-corrected chi connectivity index (χ2v) is 5.12. The van der Waals surface area contributed by atoms with Gasteiger partial charge in [0, 0.05) is 12.1 Å². The zero-order valence-electron chi connectivity index (χ0n) is 11.2. The SMILES string of the molecule is CC(C)C(CC(=O)O)NC(=O)NCC(=O)NC1CC1. The van der Waals surface area contributed by atoms with Crippen molar-refractivity contribution in [1.82, 2.24) is 16.0 Å². The Hall–Kier alpha value is -1.79. The predicted molar refractivity (Wildman–Crippen MR) is 68.6 cm³/mol. The maximum atomic E-state index is 11.6. The summed E-state index contributed by atoms with van der Waals surface area (Å²) in [6.45, 7) is 3.56. The van der Waals surface area contributed by atoms with E-state index in [0.717, 1.165) is 12.8 Å². The lowest BCUT2D eigenvalue weighted by molar-refractivity contribution is -0.137. The van der Waals surface area contributed by atoms with Gasteiger partial charge in [-0.3, -0.25) is 9.59 Å². The maximum Gasteiger partial charge on any atom is 0.315 e. The number of urea groups is 1. The van der Waals surface area contributed by atoms with Crippen LogP contribution in [-0.2, 0) is 9.59 Å². The fraction of sp³-hybridized carbons (Fsp3) is 0.750. The van der Waals surface area contributed by atoms with Crippen LogP contribution >= 0.6 is 0 Å². The molecule has 108 valence electrons. The fourth-order valence-corrected chi connectivity index (χ4v) is 1.53. The van der Waals surface area contributed by atoms with Crippen LogP contribution in [0.2, 0.25) is 0 Å². The zero-order chi connectivity index (χ0) is 14.4. The lowest BCUT2D eigenvalue weighted by atomic mass is 10.0. The molecule has 0 saturated heterocycles. The Bertz CT molecular complexity index is 353. The van der Waals surface area contributed by atoms with Gasteiger partial charge in [-0.25, -0.2) is 4.79 Å². The molecule has 0 aromatic rings. The number of rotatable bonds is 7. The molecule has 1 unspecified atom stereocenters. The molecular weight excluding hydrogens is 250 g/mol. The van der Waals surface area contributed by atoms with Gasteiger partial charge in [-0.2, -0.15) is 0 Å². The molecule has 1 fully saturated rings. The molecule has 0 aromatic heterocycles. The standard InChI is InChI=1S/C12H21N3O4/c1-7(2)9(5-11(17)18)15-12(19)13-6-10(16)14-8-3-4-8/h7-9H,3-6H2,1-2H3,(H,14,16)(H,17,18)(H2,13,15,19). The third kappa shape index (κ3) is 6.64. The average Bonchev–Trinajstić information content (AvgIpc) is 3.08. The van der Waals surface area contributed by atoms with Gasteiger partial charge in [-0.05, 0) is 18.8 Å². The van der Waals surface area contributed by atoms with E-state index in [1.54, 1.807) is 0 Å². The molecule has 1 aliphatic carbocycles. The molecule has 1 atom stereocenters. The Morgan fingerprint density at radius 2 is 1.89 bits per heavy atom. The van der Waals surface area contributed by atoms with E-state index in [-0.39, 0.29) is 30.8 Å². The smallest absolute Gasteiger partial charge is 0.315 e. The van der Waals surface area contributed by atoms with Crippen molar-refractivity contribution < 1.29 is 19.5 Å². The van der Waals surface area contributed by atoms with Gasteiger partial charge in [-0.15, -0.1) is 0 Å². The van der Waals surface area contributed by atoms with Gasteiger partial charge in [0.2, 0.25) is 5.91 Å². The highest BCUT2D eigenvalue weighted by atomic mass is 16.4. The fourth-order valence-electron chi connectivity index (χ4n) is 1.53. The number of nitrogens with one attached hydrogen (secondary N) is 3. The summed E-state index contributed by atoms with van der Waals surface area (Å²) >= 11 is 0. The van der Waals surface area contributed by atoms with Crippen molar-refractivity contribution in [3.8, 4) is 0 Å². The minimum atomic E-state index is -0.967. The van der Waals surface area contributed by atoms with E-state index in [1.165, 1.54) is 0 Å². The summed E-state index contributed by atoms with van der Waals surface area (Å²) in [6, 6.07) is -0.720. The third-order valence-electron chi connectivity index (χ3n) is 2.87. The van der Waals surface area contributed by atoms with Crippen molar-refractivity contribution >= 4 is 17.9 Å². The summed E-state index contributed by atoms with van der Waals surface area (Å²) < 4.78 is 0. The molecular formula is C12H21N3O4. The Labute approximate surface area is 112 Å². The Morgan fingerprint density at radius 3 is 2.37 bits per heavy atom. The van der Waals surface area contributed by atoms with E-state index in [2.05, 4.69) is 16.0 Å². The van der Waals surface area contributed by atoms with Gasteiger partial charge in [0.25, 0.3) is 0 Å². The van der Waals surface area contributed by atoms with E-state index in [1.807, 2.05) is 13.8 Å². The third-order valence-corrected chi connectivity index (χ3v) is 2.87. The van der Waals surface area contributed by atoms with Gasteiger partial charge in [0.15, 0.2) is 0 Å². The van der Waals surface area contributed by atoms with Crippen LogP contribution in [0.4, 0.5) is 4.79 Å². The normalized spacial score (nSPS) is 15.7. The highest BCUT2D eigenvalue weighted by Gasteiger charge is 2.23. The molecule has 0 aromatic carbocycles. The molecule has 3 amide bonds. The number of hydrogen-bond acceptors (Lipinski definition) is 3. The van der Waals surface area contributed by atoms with Gasteiger partial charge in [0.1, 0.15) is 0 Å². The first-order valence-electron chi connectivity index (χ1n) is 6.44. The summed E-state index contributed by atoms with van der Waals surface area (Å²) in [5.41, 5.74) is 0. The number of amides is 3. The number of carboxylic acids is 1. The van der Waals surface area contributed by atoms with Gasteiger partial charge in [0.05, 0.1) is 13.0 Å². The van der Waals surface area contributed by atoms with Crippen LogP contribution in [0, 0.1) is 5.92 Å². The van der Waals surface area contributed by atoms with Crippen molar-refractivity contribution in [3.63, 3.8) is 0 Å². The van der Waals surface area contributed by atoms with Crippen molar-refractivity contribution in [2.45, 2.75) is 45.2 Å². The first kappa shape index (κ1) is 15.3. The van der Waals surface area contributed by atoms with E-state index in [9.17, 15) is 14.4 Å². The molecule has 1 aliphatic rings. The van der Waals surface area contributed by atoms with Gasteiger partial charge >= 0.3 is 12.0 Å². The first-order valence-corrected chi connectivity index (χ1v) is 6.44. The van der Waals surface area contributed by atoms with Crippen molar-refractivity contribution in [2.75, 3.05) is 6.54 Å². The lowest BCUT2D eigenvalue weighted by Gasteiger charge is -2.20. The molecule has 0 aliphatic heterocycles. The molecule has 4 N–H and O–H groups in total. The van der Waals surface area contributed by atoms with Crippen LogP contribution < -0.4 is 16.0 Å². The Kier molecular flexibility index (Phi) is 5.59. The summed E-state index contributed by atoms with van der Waals surface area (Å²) in [5.74, 6) is -1.19. The number of hydrogen-bond donors (Lipinski definition) is 4. The van der Waals surface area contributed by atoms with Crippen molar-refractivity contribution in [3.05, 3.63) is 0 Å². The second kappa shape index (κ2) is 6.96. The molecule has 7 heteroatoms. The minimum absolute atomic E-state index is 0.00198. The van der Waals surface area contributed by atoms with Gasteiger partial charge in [-0.1, -0.05) is 13.8 Å². The molecule has 0 bridgehead atoms. The van der Waals surface area contributed by atoms with E-state index in [0.29, 0.717) is 0 Å². The number of carbonyl (C=O) groups is 3. The lowest BCUT2D eigenvalue weighted by Crippen LogP contribution is -2.48. The first-order chi connectivity index (χ1) is 8.88. The molecule has 1 rings (SSSR count).